The van der Waals surface area contributed by atoms with Crippen molar-refractivity contribution < 1.29 is 19.0 Å². The summed E-state index contributed by atoms with van der Waals surface area (Å²) < 4.78 is 15.8. The number of esters is 1. The molecule has 0 aliphatic carbocycles. The Balaban J connectivity index is 1.70. The van der Waals surface area contributed by atoms with Crippen LogP contribution in [0.5, 0.6) is 11.5 Å². The first-order valence-electron chi connectivity index (χ1n) is 8.01. The Morgan fingerprint density at radius 1 is 1.04 bits per heavy atom. The Bertz CT molecular complexity index is 942. The lowest BCUT2D eigenvalue weighted by Crippen LogP contribution is -2.09. The number of carbonyl (C=O) groups is 1. The Morgan fingerprint density at radius 2 is 1.85 bits per heavy atom. The molecule has 0 amide bonds. The van der Waals surface area contributed by atoms with Gasteiger partial charge in [-0.15, -0.1) is 0 Å². The summed E-state index contributed by atoms with van der Waals surface area (Å²) >= 11 is 6.23. The second-order valence-corrected chi connectivity index (χ2v) is 6.00. The van der Waals surface area contributed by atoms with Crippen LogP contribution in [0.15, 0.2) is 48.5 Å². The van der Waals surface area contributed by atoms with Gasteiger partial charge in [0.1, 0.15) is 23.3 Å². The predicted molar refractivity (Wildman–Crippen MR) is 99.8 cm³/mol. The first-order chi connectivity index (χ1) is 12.6. The molecular weight excluding hydrogens is 354 g/mol. The first kappa shape index (κ1) is 18.0. The molecule has 0 spiro atoms. The molecule has 0 unspecified atom stereocenters. The molecule has 0 bridgehead atoms. The predicted octanol–water partition coefficient (Wildman–Crippen LogP) is 4.19. The van der Waals surface area contributed by atoms with Gasteiger partial charge in [0, 0.05) is 22.6 Å². The van der Waals surface area contributed by atoms with Crippen molar-refractivity contribution in [1.29, 1.82) is 0 Å². The van der Waals surface area contributed by atoms with Crippen LogP contribution in [0.3, 0.4) is 0 Å². The standard InChI is InChI=1S/C20H18ClNO4/c1-24-16-8-7-13-9-15(20(21)22-17(13)11-16)12-26-19(23)10-14-5-3-4-6-18(14)25-2/h3-9,11H,10,12H2,1-2H3. The smallest absolute Gasteiger partial charge is 0.310 e. The number of hydrogen-bond donors (Lipinski definition) is 0. The molecule has 1 aromatic heterocycles. The number of pyridine rings is 1. The number of para-hydroxylation sites is 1. The van der Waals surface area contributed by atoms with Crippen molar-refractivity contribution in [2.24, 2.45) is 0 Å². The summed E-state index contributed by atoms with van der Waals surface area (Å²) in [5.74, 6) is 1.00. The summed E-state index contributed by atoms with van der Waals surface area (Å²) in [4.78, 5) is 16.5. The second kappa shape index (κ2) is 8.06. The molecule has 0 aliphatic heterocycles. The number of aromatic nitrogens is 1. The molecular formula is C20H18ClNO4. The number of fused-ring (bicyclic) bond motifs is 1. The Kier molecular flexibility index (Phi) is 5.58. The highest BCUT2D eigenvalue weighted by Gasteiger charge is 2.12. The van der Waals surface area contributed by atoms with Crippen LogP contribution in [0.1, 0.15) is 11.1 Å². The van der Waals surface area contributed by atoms with E-state index in [-0.39, 0.29) is 19.0 Å². The highest BCUT2D eigenvalue weighted by Crippen LogP contribution is 2.25. The van der Waals surface area contributed by atoms with Crippen LogP contribution in [0.25, 0.3) is 10.9 Å². The zero-order chi connectivity index (χ0) is 18.5. The zero-order valence-electron chi connectivity index (χ0n) is 14.5. The van der Waals surface area contributed by atoms with Gasteiger partial charge in [-0.3, -0.25) is 4.79 Å². The molecule has 0 atom stereocenters. The fraction of sp³-hybridized carbons (Fsp3) is 0.200. The second-order valence-electron chi connectivity index (χ2n) is 5.65. The van der Waals surface area contributed by atoms with E-state index in [1.54, 1.807) is 26.4 Å². The number of carbonyl (C=O) groups excluding carboxylic acids is 1. The molecule has 5 nitrogen and oxygen atoms in total. The summed E-state index contributed by atoms with van der Waals surface area (Å²) in [6, 6.07) is 14.7. The molecule has 1 heterocycles. The molecule has 0 aliphatic rings. The van der Waals surface area contributed by atoms with Crippen LogP contribution >= 0.6 is 11.6 Å². The van der Waals surface area contributed by atoms with Crippen molar-refractivity contribution in [2.45, 2.75) is 13.0 Å². The van der Waals surface area contributed by atoms with Gasteiger partial charge in [0.25, 0.3) is 0 Å². The maximum Gasteiger partial charge on any atom is 0.310 e. The largest absolute Gasteiger partial charge is 0.497 e. The Morgan fingerprint density at radius 3 is 2.62 bits per heavy atom. The minimum atomic E-state index is -0.361. The van der Waals surface area contributed by atoms with Gasteiger partial charge in [0.15, 0.2) is 0 Å². The monoisotopic (exact) mass is 371 g/mol. The van der Waals surface area contributed by atoms with Gasteiger partial charge in [-0.2, -0.15) is 0 Å². The van der Waals surface area contributed by atoms with E-state index in [0.717, 1.165) is 16.5 Å². The number of hydrogen-bond acceptors (Lipinski definition) is 5. The van der Waals surface area contributed by atoms with E-state index in [1.807, 2.05) is 36.4 Å². The highest BCUT2D eigenvalue weighted by molar-refractivity contribution is 6.30. The van der Waals surface area contributed by atoms with Crippen LogP contribution < -0.4 is 9.47 Å². The fourth-order valence-corrected chi connectivity index (χ4v) is 2.81. The molecule has 0 saturated carbocycles. The van der Waals surface area contributed by atoms with Crippen molar-refractivity contribution in [1.82, 2.24) is 4.98 Å². The third-order valence-corrected chi connectivity index (χ3v) is 4.29. The van der Waals surface area contributed by atoms with E-state index >= 15 is 0 Å². The van der Waals surface area contributed by atoms with Crippen molar-refractivity contribution >= 4 is 28.5 Å². The van der Waals surface area contributed by atoms with E-state index < -0.39 is 0 Å². The molecule has 134 valence electrons. The number of halogens is 1. The Hall–Kier alpha value is -2.79. The molecule has 3 rings (SSSR count). The van der Waals surface area contributed by atoms with Crippen LogP contribution in [0, 0.1) is 0 Å². The number of ether oxygens (including phenoxy) is 3. The van der Waals surface area contributed by atoms with E-state index in [1.165, 1.54) is 0 Å². The molecule has 3 aromatic rings. The van der Waals surface area contributed by atoms with E-state index in [0.29, 0.717) is 22.2 Å². The number of methoxy groups -OCH3 is 2. The molecule has 0 radical (unpaired) electrons. The average molecular weight is 372 g/mol. The zero-order valence-corrected chi connectivity index (χ0v) is 15.2. The number of nitrogens with zero attached hydrogens (tertiary/aromatic N) is 1. The fourth-order valence-electron chi connectivity index (χ4n) is 2.61. The summed E-state index contributed by atoms with van der Waals surface area (Å²) in [6.07, 6.45) is 0.125. The number of benzene rings is 2. The lowest BCUT2D eigenvalue weighted by molar-refractivity contribution is -0.144. The maximum atomic E-state index is 12.2. The highest BCUT2D eigenvalue weighted by atomic mass is 35.5. The lowest BCUT2D eigenvalue weighted by Gasteiger charge is -2.10. The van der Waals surface area contributed by atoms with Crippen molar-refractivity contribution in [2.75, 3.05) is 14.2 Å². The lowest BCUT2D eigenvalue weighted by atomic mass is 10.1. The van der Waals surface area contributed by atoms with Gasteiger partial charge >= 0.3 is 5.97 Å². The summed E-state index contributed by atoms with van der Waals surface area (Å²) in [6.45, 7) is 0.0573. The summed E-state index contributed by atoms with van der Waals surface area (Å²) in [5.41, 5.74) is 2.14. The van der Waals surface area contributed by atoms with Gasteiger partial charge < -0.3 is 14.2 Å². The SMILES string of the molecule is COc1ccc2cc(COC(=O)Cc3ccccc3OC)c(Cl)nc2c1. The van der Waals surface area contributed by atoms with E-state index in [2.05, 4.69) is 4.98 Å². The summed E-state index contributed by atoms with van der Waals surface area (Å²) in [5, 5.41) is 1.20. The van der Waals surface area contributed by atoms with Crippen LogP contribution in [-0.4, -0.2) is 25.2 Å². The van der Waals surface area contributed by atoms with Gasteiger partial charge in [-0.1, -0.05) is 29.8 Å². The molecule has 0 N–H and O–H groups in total. The third kappa shape index (κ3) is 4.06. The van der Waals surface area contributed by atoms with Gasteiger partial charge in [-0.05, 0) is 24.3 Å². The topological polar surface area (TPSA) is 57.7 Å². The van der Waals surface area contributed by atoms with Gasteiger partial charge in [-0.25, -0.2) is 4.98 Å². The number of rotatable bonds is 6. The third-order valence-electron chi connectivity index (χ3n) is 3.97. The van der Waals surface area contributed by atoms with Crippen LogP contribution in [0.4, 0.5) is 0 Å². The maximum absolute atomic E-state index is 12.2. The van der Waals surface area contributed by atoms with Crippen molar-refractivity contribution in [3.63, 3.8) is 0 Å². The normalized spacial score (nSPS) is 10.6. The van der Waals surface area contributed by atoms with E-state index in [4.69, 9.17) is 25.8 Å². The first-order valence-corrected chi connectivity index (χ1v) is 8.39. The van der Waals surface area contributed by atoms with Crippen LogP contribution in [-0.2, 0) is 22.6 Å². The molecule has 2 aromatic carbocycles. The molecule has 26 heavy (non-hydrogen) atoms. The summed E-state index contributed by atoms with van der Waals surface area (Å²) in [7, 11) is 3.16. The van der Waals surface area contributed by atoms with Crippen molar-refractivity contribution in [3.8, 4) is 11.5 Å². The molecule has 0 saturated heterocycles. The van der Waals surface area contributed by atoms with Crippen molar-refractivity contribution in [3.05, 3.63) is 64.8 Å². The average Bonchev–Trinajstić information content (AvgIpc) is 2.66. The minimum absolute atomic E-state index is 0.0573. The van der Waals surface area contributed by atoms with E-state index in [9.17, 15) is 4.79 Å². The van der Waals surface area contributed by atoms with Crippen LogP contribution in [0.2, 0.25) is 5.15 Å². The Labute approximate surface area is 156 Å². The quantitative estimate of drug-likeness (QED) is 0.480. The van der Waals surface area contributed by atoms with Gasteiger partial charge in [0.2, 0.25) is 0 Å². The van der Waals surface area contributed by atoms with Gasteiger partial charge in [0.05, 0.1) is 26.2 Å². The minimum Gasteiger partial charge on any atom is -0.497 e. The molecule has 0 fully saturated rings. The molecule has 6 heteroatoms.